The number of rotatable bonds is 7. The number of hydrogen-bond acceptors (Lipinski definition) is 4. The summed E-state index contributed by atoms with van der Waals surface area (Å²) < 4.78 is 18.9. The third-order valence-electron chi connectivity index (χ3n) is 4.22. The number of hydrogen-bond donors (Lipinski definition) is 2. The molecular weight excluding hydrogens is 373 g/mol. The van der Waals surface area contributed by atoms with Gasteiger partial charge >= 0.3 is 0 Å². The van der Waals surface area contributed by atoms with E-state index in [2.05, 4.69) is 15.6 Å². The van der Waals surface area contributed by atoms with E-state index in [1.165, 1.54) is 25.4 Å². The fourth-order valence-electron chi connectivity index (χ4n) is 2.79. The summed E-state index contributed by atoms with van der Waals surface area (Å²) in [5.41, 5.74) is 2.10. The first-order valence-electron chi connectivity index (χ1n) is 8.99. The summed E-state index contributed by atoms with van der Waals surface area (Å²) >= 11 is 0. The van der Waals surface area contributed by atoms with E-state index >= 15 is 0 Å². The fraction of sp³-hybridized carbons (Fsp3) is 0.136. The number of nitrogens with zero attached hydrogens (tertiary/aromatic N) is 1. The molecular formula is C22H20FN3O3. The van der Waals surface area contributed by atoms with Crippen LogP contribution in [0.4, 0.5) is 4.39 Å². The van der Waals surface area contributed by atoms with Gasteiger partial charge in [-0.1, -0.05) is 12.1 Å². The highest BCUT2D eigenvalue weighted by Crippen LogP contribution is 2.31. The van der Waals surface area contributed by atoms with E-state index < -0.39 is 0 Å². The number of carbonyl (C=O) groups excluding carboxylic acids is 2. The van der Waals surface area contributed by atoms with E-state index in [9.17, 15) is 14.0 Å². The van der Waals surface area contributed by atoms with Gasteiger partial charge in [0.1, 0.15) is 11.6 Å². The summed E-state index contributed by atoms with van der Waals surface area (Å²) in [6.45, 7) is 0.537. The van der Waals surface area contributed by atoms with Gasteiger partial charge in [0, 0.05) is 36.6 Å². The Hall–Kier alpha value is -3.74. The normalized spacial score (nSPS) is 10.3. The molecule has 7 heteroatoms. The Kier molecular flexibility index (Phi) is 6.52. The van der Waals surface area contributed by atoms with Crippen molar-refractivity contribution in [3.05, 3.63) is 83.9 Å². The highest BCUT2D eigenvalue weighted by Gasteiger charge is 2.11. The molecule has 0 saturated heterocycles. The van der Waals surface area contributed by atoms with Crippen molar-refractivity contribution < 1.29 is 18.7 Å². The van der Waals surface area contributed by atoms with Crippen molar-refractivity contribution in [3.63, 3.8) is 0 Å². The standard InChI is InChI=1S/C22H20FN3O3/c1-29-20-8-7-18(23)13-19(20)15-4-2-5-16(12-15)21(27)25-10-11-26-22(28)17-6-3-9-24-14-17/h2-9,12-14H,10-11H2,1H3,(H,25,27)(H,26,28). The van der Waals surface area contributed by atoms with Gasteiger partial charge in [0.2, 0.25) is 0 Å². The number of nitrogens with one attached hydrogen (secondary N) is 2. The van der Waals surface area contributed by atoms with Crippen molar-refractivity contribution in [3.8, 4) is 16.9 Å². The molecule has 3 rings (SSSR count). The number of methoxy groups -OCH3 is 1. The van der Waals surface area contributed by atoms with Crippen molar-refractivity contribution in [2.24, 2.45) is 0 Å². The monoisotopic (exact) mass is 393 g/mol. The Bertz CT molecular complexity index is 1010. The molecule has 29 heavy (non-hydrogen) atoms. The third kappa shape index (κ3) is 5.16. The minimum atomic E-state index is -0.389. The van der Waals surface area contributed by atoms with Crippen LogP contribution in [0.5, 0.6) is 5.75 Å². The lowest BCUT2D eigenvalue weighted by molar-refractivity contribution is 0.0927. The van der Waals surface area contributed by atoms with Crippen molar-refractivity contribution >= 4 is 11.8 Å². The molecule has 2 amide bonds. The van der Waals surface area contributed by atoms with Gasteiger partial charge in [-0.05, 0) is 48.0 Å². The van der Waals surface area contributed by atoms with Crippen LogP contribution >= 0.6 is 0 Å². The van der Waals surface area contributed by atoms with Crippen LogP contribution in [0.1, 0.15) is 20.7 Å². The first kappa shape index (κ1) is 20.0. The second-order valence-corrected chi connectivity index (χ2v) is 6.18. The van der Waals surface area contributed by atoms with Crippen molar-refractivity contribution in [2.75, 3.05) is 20.2 Å². The van der Waals surface area contributed by atoms with Gasteiger partial charge in [-0.3, -0.25) is 14.6 Å². The number of amides is 2. The molecule has 0 bridgehead atoms. The summed E-state index contributed by atoms with van der Waals surface area (Å²) in [6, 6.07) is 14.4. The molecule has 2 aromatic carbocycles. The molecule has 0 atom stereocenters. The second-order valence-electron chi connectivity index (χ2n) is 6.18. The van der Waals surface area contributed by atoms with E-state index in [1.807, 2.05) is 0 Å². The van der Waals surface area contributed by atoms with E-state index in [0.717, 1.165) is 0 Å². The zero-order valence-corrected chi connectivity index (χ0v) is 15.8. The van der Waals surface area contributed by atoms with Gasteiger partial charge in [-0.2, -0.15) is 0 Å². The molecule has 1 heterocycles. The molecule has 148 valence electrons. The quantitative estimate of drug-likeness (QED) is 0.605. The number of pyridine rings is 1. The Morgan fingerprint density at radius 3 is 2.38 bits per heavy atom. The SMILES string of the molecule is COc1ccc(F)cc1-c1cccc(C(=O)NCCNC(=O)c2cccnc2)c1. The topological polar surface area (TPSA) is 80.3 Å². The summed E-state index contributed by atoms with van der Waals surface area (Å²) in [6.07, 6.45) is 3.06. The lowest BCUT2D eigenvalue weighted by atomic mass is 10.0. The minimum absolute atomic E-state index is 0.257. The molecule has 0 spiro atoms. The number of carbonyl (C=O) groups is 2. The predicted octanol–water partition coefficient (Wildman–Crippen LogP) is 3.06. The third-order valence-corrected chi connectivity index (χ3v) is 4.22. The van der Waals surface area contributed by atoms with E-state index in [0.29, 0.717) is 28.0 Å². The van der Waals surface area contributed by atoms with Gasteiger partial charge in [0.05, 0.1) is 12.7 Å². The molecule has 0 unspecified atom stereocenters. The van der Waals surface area contributed by atoms with Crippen LogP contribution in [0.2, 0.25) is 0 Å². The fourth-order valence-corrected chi connectivity index (χ4v) is 2.79. The molecule has 0 aliphatic carbocycles. The summed E-state index contributed by atoms with van der Waals surface area (Å²) in [5.74, 6) is -0.424. The number of ether oxygens (including phenoxy) is 1. The van der Waals surface area contributed by atoms with Gasteiger partial charge in [0.25, 0.3) is 11.8 Å². The van der Waals surface area contributed by atoms with Crippen molar-refractivity contribution in [1.82, 2.24) is 15.6 Å². The highest BCUT2D eigenvalue weighted by molar-refractivity contribution is 5.96. The maximum absolute atomic E-state index is 13.6. The number of benzene rings is 2. The maximum Gasteiger partial charge on any atom is 0.252 e. The first-order valence-corrected chi connectivity index (χ1v) is 8.99. The van der Waals surface area contributed by atoms with Gasteiger partial charge in [0.15, 0.2) is 0 Å². The zero-order valence-electron chi connectivity index (χ0n) is 15.8. The summed E-state index contributed by atoms with van der Waals surface area (Å²) in [4.78, 5) is 28.3. The van der Waals surface area contributed by atoms with Gasteiger partial charge < -0.3 is 15.4 Å². The summed E-state index contributed by atoms with van der Waals surface area (Å²) in [7, 11) is 1.51. The van der Waals surface area contributed by atoms with Crippen LogP contribution in [0.3, 0.4) is 0 Å². The second kappa shape index (κ2) is 9.45. The summed E-state index contributed by atoms with van der Waals surface area (Å²) in [5, 5.41) is 5.46. The number of halogens is 1. The van der Waals surface area contributed by atoms with E-state index in [-0.39, 0.29) is 30.7 Å². The molecule has 1 aromatic heterocycles. The van der Waals surface area contributed by atoms with Crippen LogP contribution < -0.4 is 15.4 Å². The van der Waals surface area contributed by atoms with Crippen LogP contribution in [0.25, 0.3) is 11.1 Å². The van der Waals surface area contributed by atoms with Crippen LogP contribution in [-0.4, -0.2) is 37.0 Å². The molecule has 0 fully saturated rings. The lowest BCUT2D eigenvalue weighted by Crippen LogP contribution is -2.34. The van der Waals surface area contributed by atoms with Crippen LogP contribution in [0, 0.1) is 5.82 Å². The molecule has 0 aliphatic rings. The van der Waals surface area contributed by atoms with Gasteiger partial charge in [-0.15, -0.1) is 0 Å². The van der Waals surface area contributed by atoms with E-state index in [1.54, 1.807) is 48.7 Å². The largest absolute Gasteiger partial charge is 0.496 e. The number of aromatic nitrogens is 1. The minimum Gasteiger partial charge on any atom is -0.496 e. The lowest BCUT2D eigenvalue weighted by Gasteiger charge is -2.11. The predicted molar refractivity (Wildman–Crippen MR) is 107 cm³/mol. The zero-order chi connectivity index (χ0) is 20.6. The average molecular weight is 393 g/mol. The Morgan fingerprint density at radius 1 is 0.966 bits per heavy atom. The van der Waals surface area contributed by atoms with E-state index in [4.69, 9.17) is 4.74 Å². The molecule has 6 nitrogen and oxygen atoms in total. The highest BCUT2D eigenvalue weighted by atomic mass is 19.1. The first-order chi connectivity index (χ1) is 14.1. The molecule has 0 aliphatic heterocycles. The molecule has 0 saturated carbocycles. The maximum atomic E-state index is 13.6. The van der Waals surface area contributed by atoms with Crippen molar-refractivity contribution in [1.29, 1.82) is 0 Å². The van der Waals surface area contributed by atoms with Crippen LogP contribution in [-0.2, 0) is 0 Å². The molecule has 2 N–H and O–H groups in total. The Morgan fingerprint density at radius 2 is 1.69 bits per heavy atom. The average Bonchev–Trinajstić information content (AvgIpc) is 2.77. The molecule has 3 aromatic rings. The Balaban J connectivity index is 1.60. The van der Waals surface area contributed by atoms with Crippen molar-refractivity contribution in [2.45, 2.75) is 0 Å². The van der Waals surface area contributed by atoms with Crippen LogP contribution in [0.15, 0.2) is 67.0 Å². The van der Waals surface area contributed by atoms with Gasteiger partial charge in [-0.25, -0.2) is 4.39 Å². The molecule has 0 radical (unpaired) electrons. The smallest absolute Gasteiger partial charge is 0.252 e. The Labute approximate surface area is 167 Å².